The second-order valence-electron chi connectivity index (χ2n) is 4.48. The Hall–Kier alpha value is 0.148. The van der Waals surface area contributed by atoms with Gasteiger partial charge in [-0.25, -0.2) is 0 Å². The first-order valence-electron chi connectivity index (χ1n) is 7.12. The van der Waals surface area contributed by atoms with Crippen molar-refractivity contribution in [2.24, 2.45) is 0 Å². The molecule has 0 spiro atoms. The number of pyridine rings is 2. The molecule has 0 fully saturated rings. The van der Waals surface area contributed by atoms with Crippen molar-refractivity contribution in [1.29, 1.82) is 0 Å². The molecule has 2 nitrogen and oxygen atoms in total. The van der Waals surface area contributed by atoms with Crippen molar-refractivity contribution in [1.82, 2.24) is 9.97 Å². The summed E-state index contributed by atoms with van der Waals surface area (Å²) in [6.07, 6.45) is 12.1. The molecule has 0 aromatic carbocycles. The van der Waals surface area contributed by atoms with E-state index in [1.54, 1.807) is 0 Å². The van der Waals surface area contributed by atoms with Gasteiger partial charge in [0.05, 0.1) is 0 Å². The Labute approximate surface area is 158 Å². The van der Waals surface area contributed by atoms with Gasteiger partial charge in [0.25, 0.3) is 0 Å². The van der Waals surface area contributed by atoms with Crippen LogP contribution in [0.4, 0.5) is 0 Å². The van der Waals surface area contributed by atoms with Crippen molar-refractivity contribution in [3.8, 4) is 0 Å². The van der Waals surface area contributed by atoms with Crippen molar-refractivity contribution in [3.05, 3.63) is 60.2 Å². The number of aryl methyl sites for hydroxylation is 2. The molecule has 2 aromatic heterocycles. The van der Waals surface area contributed by atoms with Gasteiger partial charge in [-0.1, -0.05) is 26.7 Å². The first-order chi connectivity index (χ1) is 10.9. The Morgan fingerprint density at radius 3 is 1.17 bits per heavy atom. The third-order valence-corrected chi connectivity index (χ3v) is 2.58. The molecule has 0 aliphatic carbocycles. The average Bonchev–Trinajstić information content (AvgIpc) is 2.49. The Morgan fingerprint density at radius 1 is 0.696 bits per heavy atom. The molecule has 0 amide bonds. The molecule has 23 heavy (non-hydrogen) atoms. The maximum atomic E-state index is 5.01. The quantitative estimate of drug-likeness (QED) is 0.398. The summed E-state index contributed by atoms with van der Waals surface area (Å²) in [7, 11) is 20.0. The van der Waals surface area contributed by atoms with Gasteiger partial charge in [-0.3, -0.25) is 9.97 Å². The first kappa shape index (κ1) is 23.1. The van der Waals surface area contributed by atoms with Crippen LogP contribution in [-0.4, -0.2) is 9.97 Å². The van der Waals surface area contributed by atoms with Crippen LogP contribution in [0.2, 0.25) is 0 Å². The SMILES string of the molecule is CCCc1ccncc1.CCCc1ccncc1.[Cl][Pt]([Cl])([Cl])[Cl]. The Balaban J connectivity index is 0.000000332. The van der Waals surface area contributed by atoms with Crippen LogP contribution in [0.1, 0.15) is 37.8 Å². The molecule has 2 aromatic rings. The number of hydrogen-bond donors (Lipinski definition) is 0. The minimum absolute atomic E-state index is 1.17. The Bertz CT molecular complexity index is 445. The Morgan fingerprint density at radius 2 is 0.957 bits per heavy atom. The van der Waals surface area contributed by atoms with E-state index in [4.69, 9.17) is 37.7 Å². The van der Waals surface area contributed by atoms with Gasteiger partial charge in [0.15, 0.2) is 0 Å². The van der Waals surface area contributed by atoms with Crippen LogP contribution in [0, 0.1) is 0 Å². The van der Waals surface area contributed by atoms with Crippen LogP contribution in [0.15, 0.2) is 49.1 Å². The van der Waals surface area contributed by atoms with Crippen LogP contribution in [-0.2, 0) is 24.7 Å². The molecule has 7 heteroatoms. The normalized spacial score (nSPS) is 10.7. The summed E-state index contributed by atoms with van der Waals surface area (Å²) >= 11 is -3.06. The predicted octanol–water partition coefficient (Wildman–Crippen LogP) is 6.82. The minimum atomic E-state index is -3.06. The fraction of sp³-hybridized carbons (Fsp3) is 0.375. The van der Waals surface area contributed by atoms with Crippen LogP contribution in [0.25, 0.3) is 0 Å². The van der Waals surface area contributed by atoms with Crippen LogP contribution in [0.5, 0.6) is 0 Å². The zero-order valence-corrected chi connectivity index (χ0v) is 18.5. The van der Waals surface area contributed by atoms with Gasteiger partial charge in [0, 0.05) is 24.8 Å². The zero-order valence-electron chi connectivity index (χ0n) is 13.2. The van der Waals surface area contributed by atoms with E-state index < -0.39 is 11.9 Å². The molecule has 0 N–H and O–H groups in total. The molecule has 0 bridgehead atoms. The van der Waals surface area contributed by atoms with Gasteiger partial charge < -0.3 is 0 Å². The predicted molar refractivity (Wildman–Crippen MR) is 99.9 cm³/mol. The summed E-state index contributed by atoms with van der Waals surface area (Å²) in [6, 6.07) is 8.24. The molecule has 2 heterocycles. The topological polar surface area (TPSA) is 25.8 Å². The van der Waals surface area contributed by atoms with Crippen molar-refractivity contribution in [2.75, 3.05) is 0 Å². The number of aromatic nitrogens is 2. The van der Waals surface area contributed by atoms with E-state index >= 15 is 0 Å². The summed E-state index contributed by atoms with van der Waals surface area (Å²) < 4.78 is 0. The third kappa shape index (κ3) is 18.3. The van der Waals surface area contributed by atoms with E-state index in [-0.39, 0.29) is 0 Å². The molecular formula is C16H22Cl4N2Pt. The first-order valence-corrected chi connectivity index (χ1v) is 18.4. The fourth-order valence-electron chi connectivity index (χ4n) is 1.68. The van der Waals surface area contributed by atoms with Gasteiger partial charge in [0.1, 0.15) is 0 Å². The summed E-state index contributed by atoms with van der Waals surface area (Å²) in [6.45, 7) is 4.36. The van der Waals surface area contributed by atoms with E-state index in [1.807, 2.05) is 24.8 Å². The van der Waals surface area contributed by atoms with Gasteiger partial charge in [-0.05, 0) is 48.2 Å². The van der Waals surface area contributed by atoms with Gasteiger partial charge in [-0.15, -0.1) is 0 Å². The number of nitrogens with zero attached hydrogens (tertiary/aromatic N) is 2. The summed E-state index contributed by atoms with van der Waals surface area (Å²) in [4.78, 5) is 7.86. The van der Waals surface area contributed by atoms with Crippen LogP contribution in [0.3, 0.4) is 0 Å². The van der Waals surface area contributed by atoms with E-state index in [0.717, 1.165) is 0 Å². The molecule has 0 saturated carbocycles. The second-order valence-corrected chi connectivity index (χ2v) is 24.2. The molecule has 134 valence electrons. The van der Waals surface area contributed by atoms with E-state index in [9.17, 15) is 0 Å². The molecule has 2 rings (SSSR count). The van der Waals surface area contributed by atoms with Gasteiger partial charge in [-0.2, -0.15) is 0 Å². The van der Waals surface area contributed by atoms with E-state index in [0.29, 0.717) is 0 Å². The summed E-state index contributed by atoms with van der Waals surface area (Å²) in [5, 5.41) is 0. The van der Waals surface area contributed by atoms with E-state index in [1.165, 1.54) is 36.8 Å². The van der Waals surface area contributed by atoms with Gasteiger partial charge in [0.2, 0.25) is 0 Å². The molecule has 0 aliphatic heterocycles. The number of hydrogen-bond acceptors (Lipinski definition) is 2. The molecule has 0 radical (unpaired) electrons. The van der Waals surface area contributed by atoms with E-state index in [2.05, 4.69) is 48.1 Å². The number of rotatable bonds is 4. The molecular weight excluding hydrogens is 557 g/mol. The molecule has 0 unspecified atom stereocenters. The molecule has 0 aliphatic rings. The number of halogens is 4. The monoisotopic (exact) mass is 577 g/mol. The van der Waals surface area contributed by atoms with Crippen molar-refractivity contribution in [2.45, 2.75) is 39.5 Å². The second kappa shape index (κ2) is 14.5. The summed E-state index contributed by atoms with van der Waals surface area (Å²) in [5.41, 5.74) is 2.76. The van der Waals surface area contributed by atoms with Crippen molar-refractivity contribution >= 4 is 37.7 Å². The molecule has 0 atom stereocenters. The van der Waals surface area contributed by atoms with Crippen molar-refractivity contribution < 1.29 is 11.9 Å². The zero-order chi connectivity index (χ0) is 17.6. The maximum absolute atomic E-state index is 5.01. The average molecular weight is 579 g/mol. The van der Waals surface area contributed by atoms with Gasteiger partial charge >= 0.3 is 49.6 Å². The fourth-order valence-corrected chi connectivity index (χ4v) is 1.68. The van der Waals surface area contributed by atoms with Crippen LogP contribution >= 0.6 is 37.7 Å². The van der Waals surface area contributed by atoms with Crippen LogP contribution < -0.4 is 0 Å². The summed E-state index contributed by atoms with van der Waals surface area (Å²) in [5.74, 6) is 0. The van der Waals surface area contributed by atoms with Crippen molar-refractivity contribution in [3.63, 3.8) is 0 Å². The Kier molecular flexibility index (Phi) is 14.6. The third-order valence-electron chi connectivity index (χ3n) is 2.58. The molecule has 0 saturated heterocycles. The standard InChI is InChI=1S/2C8H11N.4ClH.Pt/c2*1-2-3-8-4-6-9-7-5-8;;;;;/h2*4-7H,2-3H2,1H3;4*1H;/q;;;;;;+4/p-4.